The molecular weight excluding hydrogens is 208 g/mol. The molecule has 1 aromatic heterocycles. The average Bonchev–Trinajstić information content (AvgIpc) is 2.67. The summed E-state index contributed by atoms with van der Waals surface area (Å²) in [6.45, 7) is 6.11. The van der Waals surface area contributed by atoms with Crippen LogP contribution in [0.4, 0.5) is 0 Å². The van der Waals surface area contributed by atoms with Crippen LogP contribution in [0.2, 0.25) is 0 Å². The van der Waals surface area contributed by atoms with Gasteiger partial charge in [-0.05, 0) is 13.8 Å². The van der Waals surface area contributed by atoms with Crippen molar-refractivity contribution in [3.05, 3.63) is 11.6 Å². The highest BCUT2D eigenvalue weighted by Gasteiger charge is 2.13. The van der Waals surface area contributed by atoms with Crippen molar-refractivity contribution in [3.8, 4) is 0 Å². The smallest absolute Gasteiger partial charge is 0.159 e. The number of hydrogen-bond donors (Lipinski definition) is 1. The van der Waals surface area contributed by atoms with Gasteiger partial charge in [-0.1, -0.05) is 0 Å². The number of nitrogens with zero attached hydrogens (tertiary/aromatic N) is 3. The van der Waals surface area contributed by atoms with E-state index in [2.05, 4.69) is 24.0 Å². The van der Waals surface area contributed by atoms with E-state index in [1.54, 1.807) is 7.11 Å². The van der Waals surface area contributed by atoms with Crippen LogP contribution in [0, 0.1) is 0 Å². The molecule has 0 unspecified atom stereocenters. The number of hydrogen-bond acceptors (Lipinski definition) is 5. The molecule has 92 valence electrons. The molecule has 0 atom stereocenters. The third kappa shape index (κ3) is 3.26. The molecule has 0 aliphatic carbocycles. The van der Waals surface area contributed by atoms with E-state index in [0.29, 0.717) is 26.4 Å². The van der Waals surface area contributed by atoms with Gasteiger partial charge in [0.15, 0.2) is 5.82 Å². The molecular formula is C10H20N4O2. The summed E-state index contributed by atoms with van der Waals surface area (Å²) in [6.07, 6.45) is 0. The standard InChI is InChI=1S/C10H20N4O2/c1-8(2)14-9(6-11)12-13-10(14)7-16-5-4-15-3/h8H,4-7,11H2,1-3H3. The van der Waals surface area contributed by atoms with Gasteiger partial charge in [-0.3, -0.25) is 0 Å². The minimum Gasteiger partial charge on any atom is -0.382 e. The molecule has 6 nitrogen and oxygen atoms in total. The van der Waals surface area contributed by atoms with Gasteiger partial charge in [-0.25, -0.2) is 0 Å². The van der Waals surface area contributed by atoms with E-state index in [1.165, 1.54) is 0 Å². The van der Waals surface area contributed by atoms with Crippen molar-refractivity contribution in [1.82, 2.24) is 14.8 Å². The minimum atomic E-state index is 0.287. The number of rotatable bonds is 7. The van der Waals surface area contributed by atoms with Crippen molar-refractivity contribution in [2.45, 2.75) is 33.0 Å². The summed E-state index contributed by atoms with van der Waals surface area (Å²) in [4.78, 5) is 0. The predicted octanol–water partition coefficient (Wildman–Crippen LogP) is 0.481. The Morgan fingerprint density at radius 2 is 1.94 bits per heavy atom. The summed E-state index contributed by atoms with van der Waals surface area (Å²) in [5.74, 6) is 1.60. The number of ether oxygens (including phenoxy) is 2. The van der Waals surface area contributed by atoms with Gasteiger partial charge < -0.3 is 19.8 Å². The Hall–Kier alpha value is -0.980. The second-order valence-corrected chi connectivity index (χ2v) is 3.75. The molecule has 0 aliphatic heterocycles. The van der Waals surface area contributed by atoms with E-state index >= 15 is 0 Å². The van der Waals surface area contributed by atoms with E-state index in [0.717, 1.165) is 11.6 Å². The molecule has 16 heavy (non-hydrogen) atoms. The first kappa shape index (κ1) is 13.1. The van der Waals surface area contributed by atoms with E-state index < -0.39 is 0 Å². The lowest BCUT2D eigenvalue weighted by atomic mass is 10.3. The Kier molecular flexibility index (Phi) is 5.37. The Morgan fingerprint density at radius 3 is 2.50 bits per heavy atom. The summed E-state index contributed by atoms with van der Waals surface area (Å²) in [5.41, 5.74) is 5.59. The van der Waals surface area contributed by atoms with Gasteiger partial charge in [0.2, 0.25) is 0 Å². The quantitative estimate of drug-likeness (QED) is 0.687. The van der Waals surface area contributed by atoms with Crippen LogP contribution in [0.15, 0.2) is 0 Å². The Bertz CT molecular complexity index is 312. The molecule has 1 rings (SSSR count). The Balaban J connectivity index is 2.61. The fourth-order valence-electron chi connectivity index (χ4n) is 1.50. The maximum atomic E-state index is 5.59. The van der Waals surface area contributed by atoms with Gasteiger partial charge in [0.05, 0.1) is 19.8 Å². The van der Waals surface area contributed by atoms with Gasteiger partial charge >= 0.3 is 0 Å². The summed E-state index contributed by atoms with van der Waals surface area (Å²) < 4.78 is 12.3. The first-order chi connectivity index (χ1) is 7.70. The van der Waals surface area contributed by atoms with Gasteiger partial charge in [0.1, 0.15) is 12.4 Å². The highest BCUT2D eigenvalue weighted by molar-refractivity contribution is 4.96. The lowest BCUT2D eigenvalue weighted by Crippen LogP contribution is -2.14. The second kappa shape index (κ2) is 6.57. The van der Waals surface area contributed by atoms with Gasteiger partial charge in [-0.15, -0.1) is 10.2 Å². The first-order valence-electron chi connectivity index (χ1n) is 5.40. The predicted molar refractivity (Wildman–Crippen MR) is 59.8 cm³/mol. The normalized spacial score (nSPS) is 11.3. The van der Waals surface area contributed by atoms with Crippen LogP contribution in [0.25, 0.3) is 0 Å². The molecule has 1 heterocycles. The van der Waals surface area contributed by atoms with Crippen molar-refractivity contribution >= 4 is 0 Å². The highest BCUT2D eigenvalue weighted by atomic mass is 16.5. The number of aromatic nitrogens is 3. The molecule has 2 N–H and O–H groups in total. The first-order valence-corrected chi connectivity index (χ1v) is 5.40. The van der Waals surface area contributed by atoms with Crippen molar-refractivity contribution < 1.29 is 9.47 Å². The molecule has 0 bridgehead atoms. The topological polar surface area (TPSA) is 75.2 Å². The molecule has 0 fully saturated rings. The van der Waals surface area contributed by atoms with Crippen LogP contribution >= 0.6 is 0 Å². The zero-order valence-electron chi connectivity index (χ0n) is 10.1. The summed E-state index contributed by atoms with van der Waals surface area (Å²) >= 11 is 0. The zero-order chi connectivity index (χ0) is 12.0. The van der Waals surface area contributed by atoms with Crippen molar-refractivity contribution in [2.24, 2.45) is 5.73 Å². The summed E-state index contributed by atoms with van der Waals surface area (Å²) in [5, 5.41) is 8.10. The van der Waals surface area contributed by atoms with Crippen molar-refractivity contribution in [3.63, 3.8) is 0 Å². The molecule has 6 heteroatoms. The number of methoxy groups -OCH3 is 1. The van der Waals surface area contributed by atoms with E-state index in [9.17, 15) is 0 Å². The van der Waals surface area contributed by atoms with Crippen molar-refractivity contribution in [1.29, 1.82) is 0 Å². The Labute approximate surface area is 95.7 Å². The fourth-order valence-corrected chi connectivity index (χ4v) is 1.50. The molecule has 0 spiro atoms. The SMILES string of the molecule is COCCOCc1nnc(CN)n1C(C)C. The van der Waals surface area contributed by atoms with Crippen LogP contribution in [0.5, 0.6) is 0 Å². The van der Waals surface area contributed by atoms with Gasteiger partial charge in [-0.2, -0.15) is 0 Å². The van der Waals surface area contributed by atoms with Crippen LogP contribution in [-0.4, -0.2) is 35.1 Å². The largest absolute Gasteiger partial charge is 0.382 e. The monoisotopic (exact) mass is 228 g/mol. The average molecular weight is 228 g/mol. The zero-order valence-corrected chi connectivity index (χ0v) is 10.1. The minimum absolute atomic E-state index is 0.287. The molecule has 0 saturated carbocycles. The fraction of sp³-hybridized carbons (Fsp3) is 0.800. The van der Waals surface area contributed by atoms with Crippen LogP contribution in [0.3, 0.4) is 0 Å². The maximum Gasteiger partial charge on any atom is 0.159 e. The third-order valence-electron chi connectivity index (χ3n) is 2.20. The lowest BCUT2D eigenvalue weighted by Gasteiger charge is -2.13. The van der Waals surface area contributed by atoms with Crippen molar-refractivity contribution in [2.75, 3.05) is 20.3 Å². The van der Waals surface area contributed by atoms with Gasteiger partial charge in [0, 0.05) is 13.2 Å². The highest BCUT2D eigenvalue weighted by Crippen LogP contribution is 2.11. The van der Waals surface area contributed by atoms with E-state index in [1.807, 2.05) is 4.57 Å². The molecule has 0 saturated heterocycles. The molecule has 0 aliphatic rings. The van der Waals surface area contributed by atoms with Crippen LogP contribution < -0.4 is 5.73 Å². The maximum absolute atomic E-state index is 5.59. The van der Waals surface area contributed by atoms with Crippen LogP contribution in [-0.2, 0) is 22.6 Å². The summed E-state index contributed by atoms with van der Waals surface area (Å²) in [6, 6.07) is 0.287. The third-order valence-corrected chi connectivity index (χ3v) is 2.20. The van der Waals surface area contributed by atoms with Gasteiger partial charge in [0.25, 0.3) is 0 Å². The summed E-state index contributed by atoms with van der Waals surface area (Å²) in [7, 11) is 1.65. The molecule has 0 aromatic carbocycles. The van der Waals surface area contributed by atoms with Crippen LogP contribution in [0.1, 0.15) is 31.5 Å². The molecule has 0 radical (unpaired) electrons. The lowest BCUT2D eigenvalue weighted by molar-refractivity contribution is 0.0567. The molecule has 1 aromatic rings. The Morgan fingerprint density at radius 1 is 1.25 bits per heavy atom. The number of nitrogens with two attached hydrogens (primary N) is 1. The van der Waals surface area contributed by atoms with E-state index in [4.69, 9.17) is 15.2 Å². The second-order valence-electron chi connectivity index (χ2n) is 3.75. The van der Waals surface area contributed by atoms with E-state index in [-0.39, 0.29) is 6.04 Å². The molecule has 0 amide bonds.